The van der Waals surface area contributed by atoms with Crippen molar-refractivity contribution in [3.63, 3.8) is 0 Å². The van der Waals surface area contributed by atoms with Crippen molar-refractivity contribution in [2.45, 2.75) is 37.6 Å². The topological polar surface area (TPSA) is 27.7 Å². The summed E-state index contributed by atoms with van der Waals surface area (Å²) in [5.41, 5.74) is 0. The highest BCUT2D eigenvalue weighted by Crippen LogP contribution is 2.26. The Balaban J connectivity index is 2.41. The van der Waals surface area contributed by atoms with E-state index in [0.29, 0.717) is 12.2 Å². The maximum absolute atomic E-state index is 5.29. The summed E-state index contributed by atoms with van der Waals surface area (Å²) in [5, 5.41) is 0. The molecule has 4 heteroatoms. The third kappa shape index (κ3) is 2.83. The molecule has 0 aromatic carbocycles. The highest BCUT2D eigenvalue weighted by Gasteiger charge is 2.29. The van der Waals surface area contributed by atoms with Gasteiger partial charge in [0.25, 0.3) is 0 Å². The highest BCUT2D eigenvalue weighted by atomic mass is 127. The van der Waals surface area contributed by atoms with Crippen LogP contribution in [0.4, 0.5) is 0 Å². The largest absolute Gasteiger partial charge is 0.381 e. The molecule has 0 aliphatic heterocycles. The molecule has 0 spiro atoms. The second-order valence-corrected chi connectivity index (χ2v) is 3.64. The Kier molecular flexibility index (Phi) is 4.78. The molecule has 0 saturated heterocycles. The van der Waals surface area contributed by atoms with Gasteiger partial charge in [-0.1, -0.05) is 0 Å². The lowest BCUT2D eigenvalue weighted by Gasteiger charge is -2.31. The van der Waals surface area contributed by atoms with Crippen LogP contribution in [0.25, 0.3) is 0 Å². The summed E-state index contributed by atoms with van der Waals surface area (Å²) in [7, 11) is 3.49. The number of halogens is 1. The van der Waals surface area contributed by atoms with Gasteiger partial charge in [-0.05, 0) is 6.42 Å². The average Bonchev–Trinajstić information content (AvgIpc) is 2.16. The Labute approximate surface area is 87.4 Å². The minimum Gasteiger partial charge on any atom is -0.381 e. The first kappa shape index (κ1) is 10.7. The van der Waals surface area contributed by atoms with E-state index in [1.54, 1.807) is 14.2 Å². The molecule has 0 aromatic heterocycles. The monoisotopic (exact) mass is 286 g/mol. The summed E-state index contributed by atoms with van der Waals surface area (Å²) in [6.45, 7) is 0. The minimum atomic E-state index is 0.286. The second kappa shape index (κ2) is 5.36. The maximum Gasteiger partial charge on any atom is 0.110 e. The fourth-order valence-electron chi connectivity index (χ4n) is 1.63. The van der Waals surface area contributed by atoms with Crippen LogP contribution >= 0.6 is 23.0 Å². The van der Waals surface area contributed by atoms with Crippen LogP contribution in [0.1, 0.15) is 19.3 Å². The summed E-state index contributed by atoms with van der Waals surface area (Å²) in [6.07, 6.45) is 3.84. The van der Waals surface area contributed by atoms with Crippen LogP contribution in [-0.4, -0.2) is 32.5 Å². The normalized spacial score (nSPS) is 36.8. The van der Waals surface area contributed by atoms with Gasteiger partial charge in [0.2, 0.25) is 0 Å². The predicted octanol–water partition coefficient (Wildman–Crippen LogP) is 1.94. The first-order valence-corrected chi connectivity index (χ1v) is 5.01. The van der Waals surface area contributed by atoms with Crippen LogP contribution in [0.15, 0.2) is 0 Å². The molecule has 1 saturated carbocycles. The molecule has 12 heavy (non-hydrogen) atoms. The van der Waals surface area contributed by atoms with E-state index in [2.05, 4.69) is 0 Å². The number of ether oxygens (including phenoxy) is 2. The van der Waals surface area contributed by atoms with Crippen molar-refractivity contribution < 1.29 is 12.5 Å². The average molecular weight is 286 g/mol. The molecule has 2 atom stereocenters. The summed E-state index contributed by atoms with van der Waals surface area (Å²) >= 11 is 1.95. The van der Waals surface area contributed by atoms with Crippen LogP contribution < -0.4 is 0 Å². The second-order valence-electron chi connectivity index (χ2n) is 3.13. The van der Waals surface area contributed by atoms with E-state index in [-0.39, 0.29) is 6.10 Å². The molecule has 1 aliphatic carbocycles. The Morgan fingerprint density at radius 3 is 1.67 bits per heavy atom. The van der Waals surface area contributed by atoms with Crippen molar-refractivity contribution in [3.05, 3.63) is 0 Å². The van der Waals surface area contributed by atoms with Gasteiger partial charge in [-0.25, -0.2) is 0 Å². The van der Waals surface area contributed by atoms with Crippen molar-refractivity contribution >= 4 is 23.0 Å². The standard InChI is InChI=1S/C8H15IO3/c1-10-6-3-7(11-2)5-8(4-6)12-9/h6-8H,3-5H2,1-2H3. The van der Waals surface area contributed by atoms with Gasteiger partial charge < -0.3 is 12.5 Å². The van der Waals surface area contributed by atoms with Crippen LogP contribution in [0.2, 0.25) is 0 Å². The minimum absolute atomic E-state index is 0.286. The summed E-state index contributed by atoms with van der Waals surface area (Å²) < 4.78 is 15.8. The lowest BCUT2D eigenvalue weighted by molar-refractivity contribution is -0.0413. The fourth-order valence-corrected chi connectivity index (χ4v) is 2.04. The van der Waals surface area contributed by atoms with Gasteiger partial charge in [0.05, 0.1) is 18.3 Å². The van der Waals surface area contributed by atoms with Crippen LogP contribution in [-0.2, 0) is 12.5 Å². The summed E-state index contributed by atoms with van der Waals surface area (Å²) in [5.74, 6) is 0. The molecule has 0 bridgehead atoms. The van der Waals surface area contributed by atoms with Crippen molar-refractivity contribution in [1.82, 2.24) is 0 Å². The molecule has 1 fully saturated rings. The SMILES string of the molecule is COC1CC(OC)CC(OI)C1. The lowest BCUT2D eigenvalue weighted by Crippen LogP contribution is -2.35. The molecule has 72 valence electrons. The fraction of sp³-hybridized carbons (Fsp3) is 1.00. The Morgan fingerprint density at radius 2 is 1.33 bits per heavy atom. The quantitative estimate of drug-likeness (QED) is 0.742. The van der Waals surface area contributed by atoms with Crippen molar-refractivity contribution in [2.24, 2.45) is 0 Å². The molecule has 0 amide bonds. The lowest BCUT2D eigenvalue weighted by atomic mass is 9.92. The first-order chi connectivity index (χ1) is 5.80. The van der Waals surface area contributed by atoms with Gasteiger partial charge >= 0.3 is 0 Å². The zero-order valence-electron chi connectivity index (χ0n) is 7.46. The van der Waals surface area contributed by atoms with E-state index in [1.165, 1.54) is 0 Å². The highest BCUT2D eigenvalue weighted by molar-refractivity contribution is 14.1. The van der Waals surface area contributed by atoms with E-state index in [9.17, 15) is 0 Å². The number of rotatable bonds is 3. The molecule has 2 unspecified atom stereocenters. The van der Waals surface area contributed by atoms with E-state index < -0.39 is 0 Å². The molecule has 0 heterocycles. The van der Waals surface area contributed by atoms with Crippen molar-refractivity contribution in [2.75, 3.05) is 14.2 Å². The van der Waals surface area contributed by atoms with E-state index in [0.717, 1.165) is 19.3 Å². The Bertz CT molecular complexity index is 102. The molecular weight excluding hydrogens is 271 g/mol. The molecule has 3 nitrogen and oxygen atoms in total. The van der Waals surface area contributed by atoms with Gasteiger partial charge in [0, 0.05) is 27.1 Å². The first-order valence-electron chi connectivity index (χ1n) is 4.13. The number of methoxy groups -OCH3 is 2. The predicted molar refractivity (Wildman–Crippen MR) is 54.3 cm³/mol. The molecule has 1 rings (SSSR count). The number of hydrogen-bond acceptors (Lipinski definition) is 3. The Hall–Kier alpha value is 0.610. The van der Waals surface area contributed by atoms with Crippen LogP contribution in [0.3, 0.4) is 0 Å². The van der Waals surface area contributed by atoms with Crippen LogP contribution in [0.5, 0.6) is 0 Å². The zero-order valence-corrected chi connectivity index (χ0v) is 9.61. The third-order valence-corrected chi connectivity index (χ3v) is 3.09. The smallest absolute Gasteiger partial charge is 0.110 e. The van der Waals surface area contributed by atoms with E-state index >= 15 is 0 Å². The van der Waals surface area contributed by atoms with E-state index in [4.69, 9.17) is 12.5 Å². The molecule has 0 aromatic rings. The molecule has 0 radical (unpaired) electrons. The van der Waals surface area contributed by atoms with E-state index in [1.807, 2.05) is 23.0 Å². The third-order valence-electron chi connectivity index (χ3n) is 2.37. The summed E-state index contributed by atoms with van der Waals surface area (Å²) in [4.78, 5) is 0. The maximum atomic E-state index is 5.29. The van der Waals surface area contributed by atoms with Crippen molar-refractivity contribution in [1.29, 1.82) is 0 Å². The van der Waals surface area contributed by atoms with Gasteiger partial charge in [-0.3, -0.25) is 0 Å². The van der Waals surface area contributed by atoms with Crippen LogP contribution in [0, 0.1) is 0 Å². The van der Waals surface area contributed by atoms with Crippen molar-refractivity contribution in [3.8, 4) is 0 Å². The van der Waals surface area contributed by atoms with Gasteiger partial charge in [0.15, 0.2) is 0 Å². The summed E-state index contributed by atoms with van der Waals surface area (Å²) in [6, 6.07) is 0. The molecule has 1 aliphatic rings. The number of hydrogen-bond donors (Lipinski definition) is 0. The van der Waals surface area contributed by atoms with Gasteiger partial charge in [0.1, 0.15) is 23.0 Å². The zero-order chi connectivity index (χ0) is 8.97. The molecule has 0 N–H and O–H groups in total. The van der Waals surface area contributed by atoms with Gasteiger partial charge in [-0.15, -0.1) is 0 Å². The Morgan fingerprint density at radius 1 is 0.917 bits per heavy atom. The van der Waals surface area contributed by atoms with Gasteiger partial charge in [-0.2, -0.15) is 0 Å². The molecular formula is C8H15IO3.